The van der Waals surface area contributed by atoms with E-state index in [9.17, 15) is 10.0 Å². The van der Waals surface area contributed by atoms with Crippen LogP contribution in [0.1, 0.15) is 39.5 Å². The van der Waals surface area contributed by atoms with Crippen LogP contribution < -0.4 is 0 Å². The minimum Gasteiger partial charge on any atom is -0.597 e. The van der Waals surface area contributed by atoms with Crippen LogP contribution in [0.25, 0.3) is 0 Å². The number of carbonyl (C=O) groups excluding carboxylic acids is 1. The lowest BCUT2D eigenvalue weighted by Gasteiger charge is -2.02. The third-order valence-electron chi connectivity index (χ3n) is 1.76. The highest BCUT2D eigenvalue weighted by molar-refractivity contribution is 5.70. The first-order valence-electron chi connectivity index (χ1n) is 5.63. The maximum Gasteiger partial charge on any atom is 0.376 e. The van der Waals surface area contributed by atoms with Gasteiger partial charge < -0.3 is 14.8 Å². The van der Waals surface area contributed by atoms with Crippen molar-refractivity contribution in [3.05, 3.63) is 5.21 Å². The number of carbonyl (C=O) groups is 1. The summed E-state index contributed by atoms with van der Waals surface area (Å²) in [6, 6.07) is 0. The summed E-state index contributed by atoms with van der Waals surface area (Å²) in [4.78, 5) is 15.9. The lowest BCUT2D eigenvalue weighted by atomic mass is 10.4. The Hall–Kier alpha value is -1.33. The van der Waals surface area contributed by atoms with Gasteiger partial charge in [0.2, 0.25) is 5.28 Å². The van der Waals surface area contributed by atoms with Gasteiger partial charge in [-0.25, -0.2) is 4.79 Å². The minimum absolute atomic E-state index is 0.198. The van der Waals surface area contributed by atoms with Crippen LogP contribution in [0.4, 0.5) is 0 Å². The fourth-order valence-corrected chi connectivity index (χ4v) is 0.829. The molecule has 0 amide bonds. The molecule has 0 bridgehead atoms. The van der Waals surface area contributed by atoms with E-state index in [0.717, 1.165) is 25.7 Å². The zero-order chi connectivity index (χ0) is 12.2. The Kier molecular flexibility index (Phi) is 9.35. The molecule has 6 nitrogen and oxygen atoms in total. The number of hydroxylamine groups is 1. The zero-order valence-corrected chi connectivity index (χ0v) is 9.98. The highest BCUT2D eigenvalue weighted by atomic mass is 16.7. The first-order valence-corrected chi connectivity index (χ1v) is 5.63. The van der Waals surface area contributed by atoms with Crippen LogP contribution in [0.5, 0.6) is 0 Å². The molecule has 0 N–H and O–H groups in total. The normalized spacial score (nSPS) is 11.2. The SMILES string of the molecule is CCCCO/N=[N+](/[O-])CC(=O)OCCCC. The number of ether oxygens (including phenoxy) is 1. The molecule has 0 aromatic heterocycles. The summed E-state index contributed by atoms with van der Waals surface area (Å²) in [7, 11) is 0. The highest BCUT2D eigenvalue weighted by Crippen LogP contribution is 1.91. The van der Waals surface area contributed by atoms with E-state index in [1.54, 1.807) is 0 Å². The summed E-state index contributed by atoms with van der Waals surface area (Å²) < 4.78 is 4.78. The van der Waals surface area contributed by atoms with E-state index in [0.29, 0.717) is 13.2 Å². The second kappa shape index (κ2) is 10.2. The number of rotatable bonds is 9. The number of nitrogens with zero attached hydrogens (tertiary/aromatic N) is 2. The molecule has 0 aliphatic rings. The monoisotopic (exact) mass is 232 g/mol. The molecule has 94 valence electrons. The van der Waals surface area contributed by atoms with Crippen molar-refractivity contribution in [2.45, 2.75) is 39.5 Å². The minimum atomic E-state index is -0.578. The van der Waals surface area contributed by atoms with Gasteiger partial charge in [-0.3, -0.25) is 0 Å². The lowest BCUT2D eigenvalue weighted by Crippen LogP contribution is -2.18. The van der Waals surface area contributed by atoms with Gasteiger partial charge in [0, 0.05) is 0 Å². The smallest absolute Gasteiger partial charge is 0.376 e. The Labute approximate surface area is 95.8 Å². The molecular formula is C10H20N2O4. The van der Waals surface area contributed by atoms with Gasteiger partial charge >= 0.3 is 5.97 Å². The molecule has 0 radical (unpaired) electrons. The average Bonchev–Trinajstić information content (AvgIpc) is 2.25. The van der Waals surface area contributed by atoms with Crippen LogP contribution in [-0.4, -0.2) is 30.6 Å². The first-order chi connectivity index (χ1) is 7.70. The van der Waals surface area contributed by atoms with E-state index in [4.69, 9.17) is 9.57 Å². The predicted octanol–water partition coefficient (Wildman–Crippen LogP) is 2.02. The third-order valence-corrected chi connectivity index (χ3v) is 1.76. The van der Waals surface area contributed by atoms with E-state index in [2.05, 4.69) is 5.28 Å². The highest BCUT2D eigenvalue weighted by Gasteiger charge is 2.09. The van der Waals surface area contributed by atoms with E-state index in [1.165, 1.54) is 0 Å². The summed E-state index contributed by atoms with van der Waals surface area (Å²) in [5.41, 5.74) is 0. The fourth-order valence-electron chi connectivity index (χ4n) is 0.829. The van der Waals surface area contributed by atoms with Crippen molar-refractivity contribution in [1.82, 2.24) is 0 Å². The van der Waals surface area contributed by atoms with Crippen molar-refractivity contribution in [3.63, 3.8) is 0 Å². The molecule has 0 rings (SSSR count). The van der Waals surface area contributed by atoms with Gasteiger partial charge in [0.1, 0.15) is 6.61 Å². The first kappa shape index (κ1) is 14.7. The standard InChI is InChI=1S/C10H20N2O4/c1-3-5-7-15-10(13)9-12(14)11-16-8-6-4-2/h3-9H2,1-2H3/b12-11+. The molecule has 0 spiro atoms. The van der Waals surface area contributed by atoms with Crippen LogP contribution in [0.3, 0.4) is 0 Å². The van der Waals surface area contributed by atoms with Gasteiger partial charge in [-0.1, -0.05) is 26.7 Å². The number of esters is 1. The molecule has 0 saturated heterocycles. The maximum absolute atomic E-state index is 11.0. The second-order valence-electron chi connectivity index (χ2n) is 3.35. The summed E-state index contributed by atoms with van der Waals surface area (Å²) in [5, 5.41) is 14.2. The van der Waals surface area contributed by atoms with Gasteiger partial charge in [0.25, 0.3) is 6.54 Å². The van der Waals surface area contributed by atoms with E-state index in [-0.39, 0.29) is 4.86 Å². The lowest BCUT2D eigenvalue weighted by molar-refractivity contribution is -0.549. The van der Waals surface area contributed by atoms with Crippen molar-refractivity contribution >= 4 is 5.97 Å². The molecule has 0 unspecified atom stereocenters. The molecular weight excluding hydrogens is 212 g/mol. The maximum atomic E-state index is 11.0. The largest absolute Gasteiger partial charge is 0.597 e. The Bertz CT molecular complexity index is 219. The van der Waals surface area contributed by atoms with Crippen molar-refractivity contribution in [1.29, 1.82) is 0 Å². The predicted molar refractivity (Wildman–Crippen MR) is 57.6 cm³/mol. The van der Waals surface area contributed by atoms with Crippen LogP contribution in [0.2, 0.25) is 0 Å². The number of hydrogen-bond acceptors (Lipinski definition) is 5. The summed E-state index contributed by atoms with van der Waals surface area (Å²) in [6.07, 6.45) is 3.54. The van der Waals surface area contributed by atoms with Gasteiger partial charge in [0.15, 0.2) is 0 Å². The molecule has 0 aliphatic heterocycles. The molecule has 0 aliphatic carbocycles. The van der Waals surface area contributed by atoms with Crippen molar-refractivity contribution in [2.75, 3.05) is 19.8 Å². The van der Waals surface area contributed by atoms with E-state index < -0.39 is 12.5 Å². The van der Waals surface area contributed by atoms with Crippen LogP contribution in [0, 0.1) is 5.21 Å². The molecule has 0 heterocycles. The molecule has 0 atom stereocenters. The fraction of sp³-hybridized carbons (Fsp3) is 0.900. The van der Waals surface area contributed by atoms with Crippen LogP contribution in [0.15, 0.2) is 5.28 Å². The quantitative estimate of drug-likeness (QED) is 0.200. The second-order valence-corrected chi connectivity index (χ2v) is 3.35. The summed E-state index contributed by atoms with van der Waals surface area (Å²) in [5.74, 6) is -0.578. The van der Waals surface area contributed by atoms with Crippen LogP contribution in [-0.2, 0) is 14.4 Å². The van der Waals surface area contributed by atoms with Gasteiger partial charge in [-0.05, 0) is 17.7 Å². The zero-order valence-electron chi connectivity index (χ0n) is 9.98. The number of hydrogen-bond donors (Lipinski definition) is 0. The van der Waals surface area contributed by atoms with Gasteiger partial charge in [-0.15, -0.1) is 0 Å². The number of unbranched alkanes of at least 4 members (excludes halogenated alkanes) is 2. The van der Waals surface area contributed by atoms with Crippen molar-refractivity contribution < 1.29 is 19.2 Å². The van der Waals surface area contributed by atoms with Crippen molar-refractivity contribution in [2.24, 2.45) is 5.28 Å². The molecule has 0 aromatic rings. The molecule has 0 saturated carbocycles. The van der Waals surface area contributed by atoms with Gasteiger partial charge in [0.05, 0.1) is 6.61 Å². The topological polar surface area (TPSA) is 74.0 Å². The Morgan fingerprint density at radius 3 is 2.50 bits per heavy atom. The Morgan fingerprint density at radius 2 is 1.88 bits per heavy atom. The Morgan fingerprint density at radius 1 is 1.25 bits per heavy atom. The molecule has 16 heavy (non-hydrogen) atoms. The molecule has 0 fully saturated rings. The van der Waals surface area contributed by atoms with E-state index in [1.807, 2.05) is 13.8 Å². The van der Waals surface area contributed by atoms with Gasteiger partial charge in [-0.2, -0.15) is 0 Å². The van der Waals surface area contributed by atoms with Crippen LogP contribution >= 0.6 is 0 Å². The third kappa shape index (κ3) is 9.23. The summed E-state index contributed by atoms with van der Waals surface area (Å²) in [6.45, 7) is 4.31. The Balaban J connectivity index is 3.59. The molecule has 0 aromatic carbocycles. The van der Waals surface area contributed by atoms with E-state index >= 15 is 0 Å². The van der Waals surface area contributed by atoms with Crippen molar-refractivity contribution in [3.8, 4) is 0 Å². The average molecular weight is 232 g/mol. The summed E-state index contributed by atoms with van der Waals surface area (Å²) >= 11 is 0. The molecule has 6 heteroatoms.